The van der Waals surface area contributed by atoms with Gasteiger partial charge in [-0.2, -0.15) is 10.2 Å². The standard InChI is InChI=1S/C18H13N3O/c19-13-17-20-15(11-14-7-3-1-4-8-14)12-18(21-17)22-16-9-5-2-6-10-16/h1-10,12H,11H2. The Balaban J connectivity index is 1.88. The molecule has 3 aromatic rings. The lowest BCUT2D eigenvalue weighted by molar-refractivity contribution is 0.459. The van der Waals surface area contributed by atoms with E-state index in [1.807, 2.05) is 66.7 Å². The first-order chi connectivity index (χ1) is 10.8. The number of benzene rings is 2. The minimum atomic E-state index is 0.111. The fourth-order valence-electron chi connectivity index (χ4n) is 2.08. The molecule has 0 aliphatic carbocycles. The Morgan fingerprint density at radius 2 is 1.59 bits per heavy atom. The van der Waals surface area contributed by atoms with Crippen LogP contribution in [0.25, 0.3) is 0 Å². The fourth-order valence-corrected chi connectivity index (χ4v) is 2.08. The van der Waals surface area contributed by atoms with E-state index in [1.54, 1.807) is 6.07 Å². The largest absolute Gasteiger partial charge is 0.439 e. The highest BCUT2D eigenvalue weighted by Crippen LogP contribution is 2.20. The molecule has 0 atom stereocenters. The van der Waals surface area contributed by atoms with Gasteiger partial charge in [0, 0.05) is 12.5 Å². The van der Waals surface area contributed by atoms with Gasteiger partial charge in [-0.15, -0.1) is 0 Å². The lowest BCUT2D eigenvalue weighted by atomic mass is 10.1. The molecule has 0 bridgehead atoms. The summed E-state index contributed by atoms with van der Waals surface area (Å²) in [5.41, 5.74) is 1.87. The molecule has 4 heteroatoms. The maximum atomic E-state index is 9.09. The molecule has 0 saturated heterocycles. The third-order valence-electron chi connectivity index (χ3n) is 3.05. The van der Waals surface area contributed by atoms with Crippen molar-refractivity contribution >= 4 is 0 Å². The van der Waals surface area contributed by atoms with Gasteiger partial charge in [0.2, 0.25) is 11.7 Å². The maximum Gasteiger partial charge on any atom is 0.235 e. The lowest BCUT2D eigenvalue weighted by Gasteiger charge is -2.07. The first-order valence-corrected chi connectivity index (χ1v) is 6.88. The summed E-state index contributed by atoms with van der Waals surface area (Å²) >= 11 is 0. The van der Waals surface area contributed by atoms with Crippen LogP contribution in [0.15, 0.2) is 66.7 Å². The molecular formula is C18H13N3O. The number of aromatic nitrogens is 2. The van der Waals surface area contributed by atoms with Crippen LogP contribution in [0.5, 0.6) is 11.6 Å². The summed E-state index contributed by atoms with van der Waals surface area (Å²) in [5.74, 6) is 1.17. The second kappa shape index (κ2) is 6.51. The smallest absolute Gasteiger partial charge is 0.235 e. The molecular weight excluding hydrogens is 274 g/mol. The normalized spacial score (nSPS) is 9.95. The van der Waals surface area contributed by atoms with E-state index in [0.29, 0.717) is 18.1 Å². The van der Waals surface area contributed by atoms with E-state index in [4.69, 9.17) is 10.00 Å². The summed E-state index contributed by atoms with van der Waals surface area (Å²) in [6.07, 6.45) is 0.628. The van der Waals surface area contributed by atoms with Gasteiger partial charge < -0.3 is 4.74 Å². The van der Waals surface area contributed by atoms with Gasteiger partial charge >= 0.3 is 0 Å². The highest BCUT2D eigenvalue weighted by molar-refractivity contribution is 5.31. The van der Waals surface area contributed by atoms with E-state index >= 15 is 0 Å². The van der Waals surface area contributed by atoms with Crippen LogP contribution in [0.3, 0.4) is 0 Å². The maximum absolute atomic E-state index is 9.09. The molecule has 0 spiro atoms. The van der Waals surface area contributed by atoms with Gasteiger partial charge in [-0.05, 0) is 17.7 Å². The second-order valence-electron chi connectivity index (χ2n) is 4.71. The summed E-state index contributed by atoms with van der Waals surface area (Å²) in [6.45, 7) is 0. The number of nitriles is 1. The minimum absolute atomic E-state index is 0.111. The van der Waals surface area contributed by atoms with Crippen molar-refractivity contribution in [3.05, 3.63) is 83.8 Å². The Hall–Kier alpha value is -3.19. The molecule has 0 aliphatic heterocycles. The summed E-state index contributed by atoms with van der Waals surface area (Å²) in [4.78, 5) is 8.33. The molecule has 0 unspecified atom stereocenters. The molecule has 4 nitrogen and oxygen atoms in total. The van der Waals surface area contributed by atoms with E-state index in [2.05, 4.69) is 9.97 Å². The van der Waals surface area contributed by atoms with Crippen LogP contribution in [-0.4, -0.2) is 9.97 Å². The zero-order chi connectivity index (χ0) is 15.2. The minimum Gasteiger partial charge on any atom is -0.439 e. The van der Waals surface area contributed by atoms with Crippen LogP contribution in [0.4, 0.5) is 0 Å². The highest BCUT2D eigenvalue weighted by atomic mass is 16.5. The van der Waals surface area contributed by atoms with Gasteiger partial charge in [0.15, 0.2) is 0 Å². The summed E-state index contributed by atoms with van der Waals surface area (Å²) < 4.78 is 5.70. The molecule has 2 aromatic carbocycles. The number of hydrogen-bond donors (Lipinski definition) is 0. The SMILES string of the molecule is N#Cc1nc(Cc2ccccc2)cc(Oc2ccccc2)n1. The Morgan fingerprint density at radius 3 is 2.27 bits per heavy atom. The molecule has 0 amide bonds. The van der Waals surface area contributed by atoms with Crippen LogP contribution in [0.1, 0.15) is 17.1 Å². The highest BCUT2D eigenvalue weighted by Gasteiger charge is 2.07. The fraction of sp³-hybridized carbons (Fsp3) is 0.0556. The molecule has 22 heavy (non-hydrogen) atoms. The Morgan fingerprint density at radius 1 is 0.909 bits per heavy atom. The van der Waals surface area contributed by atoms with Crippen LogP contribution < -0.4 is 4.74 Å². The van der Waals surface area contributed by atoms with Crippen LogP contribution in [0, 0.1) is 11.3 Å². The molecule has 0 saturated carbocycles. The number of hydrogen-bond acceptors (Lipinski definition) is 4. The van der Waals surface area contributed by atoms with E-state index < -0.39 is 0 Å². The van der Waals surface area contributed by atoms with Gasteiger partial charge in [0.05, 0.1) is 5.69 Å². The van der Waals surface area contributed by atoms with Crippen molar-refractivity contribution in [1.29, 1.82) is 5.26 Å². The number of rotatable bonds is 4. The summed E-state index contributed by atoms with van der Waals surface area (Å²) in [5, 5.41) is 9.09. The first-order valence-electron chi connectivity index (χ1n) is 6.88. The molecule has 0 aliphatic rings. The predicted molar refractivity (Wildman–Crippen MR) is 82.5 cm³/mol. The first kappa shape index (κ1) is 13.8. The average Bonchev–Trinajstić information content (AvgIpc) is 2.56. The van der Waals surface area contributed by atoms with Crippen molar-refractivity contribution in [3.63, 3.8) is 0 Å². The van der Waals surface area contributed by atoms with Crippen molar-refractivity contribution < 1.29 is 4.74 Å². The van der Waals surface area contributed by atoms with Crippen LogP contribution in [-0.2, 0) is 6.42 Å². The van der Waals surface area contributed by atoms with Crippen molar-refractivity contribution in [2.75, 3.05) is 0 Å². The van der Waals surface area contributed by atoms with Crippen molar-refractivity contribution in [1.82, 2.24) is 9.97 Å². The molecule has 3 rings (SSSR count). The molecule has 1 heterocycles. The van der Waals surface area contributed by atoms with E-state index in [0.717, 1.165) is 11.3 Å². The van der Waals surface area contributed by atoms with E-state index in [9.17, 15) is 0 Å². The Labute approximate surface area is 128 Å². The Kier molecular flexibility index (Phi) is 4.08. The predicted octanol–water partition coefficient (Wildman–Crippen LogP) is 3.73. The van der Waals surface area contributed by atoms with E-state index in [-0.39, 0.29) is 5.82 Å². The number of nitrogens with zero attached hydrogens (tertiary/aromatic N) is 3. The molecule has 0 N–H and O–H groups in total. The van der Waals surface area contributed by atoms with Crippen molar-refractivity contribution in [2.45, 2.75) is 6.42 Å². The van der Waals surface area contributed by atoms with E-state index in [1.165, 1.54) is 0 Å². The third-order valence-corrected chi connectivity index (χ3v) is 3.05. The molecule has 106 valence electrons. The monoisotopic (exact) mass is 287 g/mol. The van der Waals surface area contributed by atoms with Gasteiger partial charge in [-0.25, -0.2) is 4.98 Å². The molecule has 1 aromatic heterocycles. The number of para-hydroxylation sites is 1. The van der Waals surface area contributed by atoms with Gasteiger partial charge in [0.25, 0.3) is 0 Å². The van der Waals surface area contributed by atoms with Gasteiger partial charge in [-0.3, -0.25) is 0 Å². The topological polar surface area (TPSA) is 58.8 Å². The van der Waals surface area contributed by atoms with Crippen LogP contribution in [0.2, 0.25) is 0 Å². The molecule has 0 fully saturated rings. The van der Waals surface area contributed by atoms with Crippen molar-refractivity contribution in [2.24, 2.45) is 0 Å². The second-order valence-corrected chi connectivity index (χ2v) is 4.71. The van der Waals surface area contributed by atoms with Crippen LogP contribution >= 0.6 is 0 Å². The zero-order valence-corrected chi connectivity index (χ0v) is 11.8. The van der Waals surface area contributed by atoms with Crippen molar-refractivity contribution in [3.8, 4) is 17.7 Å². The lowest BCUT2D eigenvalue weighted by Crippen LogP contribution is -2.00. The third kappa shape index (κ3) is 3.47. The Bertz CT molecular complexity index is 736. The van der Waals surface area contributed by atoms with Gasteiger partial charge in [-0.1, -0.05) is 48.5 Å². The summed E-state index contributed by atoms with van der Waals surface area (Å²) in [6, 6.07) is 23.0. The molecule has 0 radical (unpaired) electrons. The average molecular weight is 287 g/mol. The van der Waals surface area contributed by atoms with Gasteiger partial charge in [0.1, 0.15) is 11.8 Å². The quantitative estimate of drug-likeness (QED) is 0.733. The zero-order valence-electron chi connectivity index (χ0n) is 11.8. The number of ether oxygens (including phenoxy) is 1. The summed E-state index contributed by atoms with van der Waals surface area (Å²) in [7, 11) is 0.